The maximum absolute atomic E-state index is 11.1. The maximum Gasteiger partial charge on any atom is 0.311 e. The van der Waals surface area contributed by atoms with Gasteiger partial charge in [-0.2, -0.15) is 0 Å². The first-order valence-corrected chi connectivity index (χ1v) is 6.15. The van der Waals surface area contributed by atoms with E-state index in [0.29, 0.717) is 6.54 Å². The van der Waals surface area contributed by atoms with Crippen LogP contribution in [-0.4, -0.2) is 17.6 Å². The Labute approximate surface area is 103 Å². The highest BCUT2D eigenvalue weighted by atomic mass is 79.9. The Kier molecular flexibility index (Phi) is 3.19. The van der Waals surface area contributed by atoms with E-state index in [-0.39, 0.29) is 0 Å². The molecule has 0 aliphatic heterocycles. The molecule has 1 aliphatic carbocycles. The summed E-state index contributed by atoms with van der Waals surface area (Å²) >= 11 is 3.39. The average Bonchev–Trinajstić information content (AvgIpc) is 2.15. The number of anilines is 1. The summed E-state index contributed by atoms with van der Waals surface area (Å²) in [7, 11) is 0. The van der Waals surface area contributed by atoms with Gasteiger partial charge in [0, 0.05) is 16.7 Å². The Morgan fingerprint density at radius 3 is 2.75 bits per heavy atom. The number of nitrogens with one attached hydrogen (secondary N) is 1. The lowest BCUT2D eigenvalue weighted by molar-refractivity contribution is -0.153. The van der Waals surface area contributed by atoms with Crippen molar-refractivity contribution in [2.24, 2.45) is 5.41 Å². The van der Waals surface area contributed by atoms with Gasteiger partial charge in [-0.1, -0.05) is 28.4 Å². The Morgan fingerprint density at radius 1 is 1.50 bits per heavy atom. The van der Waals surface area contributed by atoms with Crippen LogP contribution >= 0.6 is 15.9 Å². The van der Waals surface area contributed by atoms with Gasteiger partial charge in [-0.15, -0.1) is 0 Å². The van der Waals surface area contributed by atoms with Gasteiger partial charge in [-0.3, -0.25) is 4.79 Å². The lowest BCUT2D eigenvalue weighted by Gasteiger charge is -2.37. The largest absolute Gasteiger partial charge is 0.481 e. The zero-order chi connectivity index (χ0) is 11.6. The molecule has 4 heteroatoms. The van der Waals surface area contributed by atoms with Crippen LogP contribution in [0.5, 0.6) is 0 Å². The van der Waals surface area contributed by atoms with Crippen LogP contribution in [-0.2, 0) is 4.79 Å². The number of carboxylic acid groups (broad SMARTS) is 1. The molecule has 1 aromatic rings. The monoisotopic (exact) mass is 283 g/mol. The van der Waals surface area contributed by atoms with E-state index in [1.165, 1.54) is 0 Å². The number of benzene rings is 1. The summed E-state index contributed by atoms with van der Waals surface area (Å²) in [6, 6.07) is 7.77. The summed E-state index contributed by atoms with van der Waals surface area (Å²) in [6.45, 7) is 0.513. The minimum atomic E-state index is -0.679. The van der Waals surface area contributed by atoms with E-state index < -0.39 is 11.4 Å². The van der Waals surface area contributed by atoms with Crippen molar-refractivity contribution < 1.29 is 9.90 Å². The Morgan fingerprint density at radius 2 is 2.25 bits per heavy atom. The first-order valence-electron chi connectivity index (χ1n) is 5.35. The molecule has 0 unspecified atom stereocenters. The Balaban J connectivity index is 1.99. The molecule has 0 spiro atoms. The van der Waals surface area contributed by atoms with Crippen molar-refractivity contribution in [3.8, 4) is 0 Å². The summed E-state index contributed by atoms with van der Waals surface area (Å²) in [6.07, 6.45) is 2.58. The van der Waals surface area contributed by atoms with E-state index in [9.17, 15) is 4.79 Å². The van der Waals surface area contributed by atoms with Crippen LogP contribution in [0.2, 0.25) is 0 Å². The van der Waals surface area contributed by atoms with Crippen LogP contribution in [0.3, 0.4) is 0 Å². The van der Waals surface area contributed by atoms with Crippen LogP contribution in [0.15, 0.2) is 28.7 Å². The number of rotatable bonds is 4. The van der Waals surface area contributed by atoms with Gasteiger partial charge in [-0.25, -0.2) is 0 Å². The molecular formula is C12H14BrNO2. The summed E-state index contributed by atoms with van der Waals surface area (Å²) in [5.41, 5.74) is 0.421. The highest BCUT2D eigenvalue weighted by Crippen LogP contribution is 2.41. The molecule has 2 N–H and O–H groups in total. The standard InChI is InChI=1S/C12H14BrNO2/c13-9-3-1-4-10(7-9)14-8-12(11(15)16)5-2-6-12/h1,3-4,7,14H,2,5-6,8H2,(H,15,16). The van der Waals surface area contributed by atoms with Gasteiger partial charge in [0.1, 0.15) is 0 Å². The van der Waals surface area contributed by atoms with Crippen LogP contribution in [0.25, 0.3) is 0 Å². The number of hydrogen-bond donors (Lipinski definition) is 2. The lowest BCUT2D eigenvalue weighted by Crippen LogP contribution is -2.43. The molecule has 1 aromatic carbocycles. The molecule has 2 rings (SSSR count). The van der Waals surface area contributed by atoms with Crippen molar-refractivity contribution in [3.05, 3.63) is 28.7 Å². The van der Waals surface area contributed by atoms with Crippen molar-refractivity contribution in [2.45, 2.75) is 19.3 Å². The second kappa shape index (κ2) is 4.45. The highest BCUT2D eigenvalue weighted by molar-refractivity contribution is 9.10. The fourth-order valence-corrected chi connectivity index (χ4v) is 2.34. The number of carbonyl (C=O) groups is 1. The molecule has 0 saturated heterocycles. The van der Waals surface area contributed by atoms with Gasteiger partial charge >= 0.3 is 5.97 Å². The van der Waals surface area contributed by atoms with Crippen molar-refractivity contribution in [1.29, 1.82) is 0 Å². The van der Waals surface area contributed by atoms with E-state index >= 15 is 0 Å². The van der Waals surface area contributed by atoms with Gasteiger partial charge in [0.2, 0.25) is 0 Å². The molecule has 1 saturated carbocycles. The summed E-state index contributed by atoms with van der Waals surface area (Å²) < 4.78 is 0.996. The zero-order valence-corrected chi connectivity index (χ0v) is 10.5. The molecule has 0 amide bonds. The Bertz CT molecular complexity index is 402. The first-order chi connectivity index (χ1) is 7.62. The molecule has 3 nitrogen and oxygen atoms in total. The zero-order valence-electron chi connectivity index (χ0n) is 8.87. The normalized spacial score (nSPS) is 17.6. The van der Waals surface area contributed by atoms with E-state index in [2.05, 4.69) is 21.2 Å². The molecule has 1 fully saturated rings. The van der Waals surface area contributed by atoms with Crippen molar-refractivity contribution in [3.63, 3.8) is 0 Å². The van der Waals surface area contributed by atoms with Gasteiger partial charge in [0.15, 0.2) is 0 Å². The molecule has 16 heavy (non-hydrogen) atoms. The van der Waals surface area contributed by atoms with Crippen LogP contribution in [0.1, 0.15) is 19.3 Å². The van der Waals surface area contributed by atoms with Crippen LogP contribution < -0.4 is 5.32 Å². The van der Waals surface area contributed by atoms with Crippen LogP contribution in [0.4, 0.5) is 5.69 Å². The van der Waals surface area contributed by atoms with Crippen molar-refractivity contribution in [1.82, 2.24) is 0 Å². The average molecular weight is 284 g/mol. The van der Waals surface area contributed by atoms with E-state index in [1.54, 1.807) is 0 Å². The highest BCUT2D eigenvalue weighted by Gasteiger charge is 2.44. The van der Waals surface area contributed by atoms with Gasteiger partial charge in [-0.05, 0) is 31.0 Å². The number of aliphatic carboxylic acids is 1. The minimum absolute atomic E-state index is 0.513. The predicted octanol–water partition coefficient (Wildman–Crippen LogP) is 3.12. The minimum Gasteiger partial charge on any atom is -0.481 e. The number of hydrogen-bond acceptors (Lipinski definition) is 2. The summed E-state index contributed by atoms with van der Waals surface area (Å²) in [5, 5.41) is 12.4. The van der Waals surface area contributed by atoms with Gasteiger partial charge in [0.05, 0.1) is 5.41 Å². The van der Waals surface area contributed by atoms with Crippen molar-refractivity contribution >= 4 is 27.6 Å². The fourth-order valence-electron chi connectivity index (χ4n) is 1.94. The van der Waals surface area contributed by atoms with E-state index in [1.807, 2.05) is 24.3 Å². The summed E-state index contributed by atoms with van der Waals surface area (Å²) in [5.74, 6) is -0.679. The lowest BCUT2D eigenvalue weighted by atomic mass is 9.69. The second-order valence-electron chi connectivity index (χ2n) is 4.30. The fraction of sp³-hybridized carbons (Fsp3) is 0.417. The molecule has 86 valence electrons. The van der Waals surface area contributed by atoms with E-state index in [4.69, 9.17) is 5.11 Å². The third kappa shape index (κ3) is 2.21. The third-order valence-electron chi connectivity index (χ3n) is 3.22. The summed E-state index contributed by atoms with van der Waals surface area (Å²) in [4.78, 5) is 11.1. The number of halogens is 1. The molecule has 0 bridgehead atoms. The van der Waals surface area contributed by atoms with Crippen LogP contribution in [0, 0.1) is 5.41 Å². The molecular weight excluding hydrogens is 270 g/mol. The van der Waals surface area contributed by atoms with E-state index in [0.717, 1.165) is 29.4 Å². The smallest absolute Gasteiger partial charge is 0.311 e. The number of carboxylic acids is 1. The topological polar surface area (TPSA) is 49.3 Å². The quantitative estimate of drug-likeness (QED) is 0.893. The molecule has 0 atom stereocenters. The SMILES string of the molecule is O=C(O)C1(CNc2cccc(Br)c2)CCC1. The molecule has 0 heterocycles. The third-order valence-corrected chi connectivity index (χ3v) is 3.71. The molecule has 0 radical (unpaired) electrons. The maximum atomic E-state index is 11.1. The predicted molar refractivity (Wildman–Crippen MR) is 66.6 cm³/mol. The van der Waals surface area contributed by atoms with Gasteiger partial charge < -0.3 is 10.4 Å². The molecule has 0 aromatic heterocycles. The molecule has 1 aliphatic rings. The Hall–Kier alpha value is -1.03. The van der Waals surface area contributed by atoms with Gasteiger partial charge in [0.25, 0.3) is 0 Å². The first kappa shape index (κ1) is 11.5. The second-order valence-corrected chi connectivity index (χ2v) is 5.22. The van der Waals surface area contributed by atoms with Crippen molar-refractivity contribution in [2.75, 3.05) is 11.9 Å².